The van der Waals surface area contributed by atoms with Crippen LogP contribution in [0.3, 0.4) is 0 Å². The van der Waals surface area contributed by atoms with Gasteiger partial charge in [0.1, 0.15) is 18.2 Å². The van der Waals surface area contributed by atoms with Gasteiger partial charge in [-0.3, -0.25) is 0 Å². The Labute approximate surface area is 116 Å². The van der Waals surface area contributed by atoms with Gasteiger partial charge in [-0.2, -0.15) is 0 Å². The van der Waals surface area contributed by atoms with E-state index in [1.165, 1.54) is 0 Å². The Hall–Kier alpha value is -1.45. The Morgan fingerprint density at radius 2 is 2.06 bits per heavy atom. The summed E-state index contributed by atoms with van der Waals surface area (Å²) in [6, 6.07) is 10.8. The third-order valence-corrected chi connectivity index (χ3v) is 2.88. The summed E-state index contributed by atoms with van der Waals surface area (Å²) in [6.45, 7) is 0.343. The average Bonchev–Trinajstić information content (AvgIpc) is 2.40. The van der Waals surface area contributed by atoms with Crippen LogP contribution in [0.1, 0.15) is 5.69 Å². The van der Waals surface area contributed by atoms with Crippen molar-refractivity contribution < 1.29 is 4.74 Å². The highest BCUT2D eigenvalue weighted by Gasteiger charge is 2.04. The van der Waals surface area contributed by atoms with Crippen LogP contribution in [-0.2, 0) is 6.61 Å². The Bertz CT molecular complexity index is 546. The van der Waals surface area contributed by atoms with Crippen LogP contribution in [0.5, 0.6) is 5.75 Å². The molecule has 0 bridgehead atoms. The first-order chi connectivity index (χ1) is 8.69. The molecule has 18 heavy (non-hydrogen) atoms. The molecule has 2 aromatic rings. The van der Waals surface area contributed by atoms with Gasteiger partial charge in [-0.25, -0.2) is 4.98 Å². The molecule has 0 saturated carbocycles. The fourth-order valence-corrected chi connectivity index (χ4v) is 1.77. The van der Waals surface area contributed by atoms with E-state index >= 15 is 0 Å². The molecular weight excluding hydrogens is 271 g/mol. The lowest BCUT2D eigenvalue weighted by Crippen LogP contribution is -2.01. The van der Waals surface area contributed by atoms with E-state index in [-0.39, 0.29) is 0 Å². The Balaban J connectivity index is 2.08. The van der Waals surface area contributed by atoms with Gasteiger partial charge in [0.2, 0.25) is 0 Å². The highest BCUT2D eigenvalue weighted by molar-refractivity contribution is 6.34. The maximum Gasteiger partial charge on any atom is 0.139 e. The topological polar surface area (TPSA) is 34.1 Å². The molecular formula is C13H12Cl2N2O. The third kappa shape index (κ3) is 3.28. The molecule has 0 radical (unpaired) electrons. The molecule has 0 aliphatic heterocycles. The molecule has 0 fully saturated rings. The predicted octanol–water partition coefficient (Wildman–Crippen LogP) is 4.01. The van der Waals surface area contributed by atoms with Crippen LogP contribution in [0.25, 0.3) is 0 Å². The predicted molar refractivity (Wildman–Crippen MR) is 74.6 cm³/mol. The lowest BCUT2D eigenvalue weighted by Gasteiger charge is -2.08. The quantitative estimate of drug-likeness (QED) is 0.920. The number of hydrogen-bond acceptors (Lipinski definition) is 3. The first-order valence-electron chi connectivity index (χ1n) is 5.40. The van der Waals surface area contributed by atoms with Gasteiger partial charge in [-0.05, 0) is 24.3 Å². The maximum atomic E-state index is 6.00. The molecule has 0 amide bonds. The number of pyridine rings is 1. The highest BCUT2D eigenvalue weighted by Crippen LogP contribution is 2.28. The molecule has 0 aliphatic carbocycles. The molecule has 1 aromatic heterocycles. The van der Waals surface area contributed by atoms with Gasteiger partial charge in [0.05, 0.1) is 10.7 Å². The first kappa shape index (κ1) is 13.0. The minimum Gasteiger partial charge on any atom is -0.486 e. The van der Waals surface area contributed by atoms with Gasteiger partial charge in [-0.1, -0.05) is 29.3 Å². The van der Waals surface area contributed by atoms with Crippen molar-refractivity contribution in [1.29, 1.82) is 0 Å². The lowest BCUT2D eigenvalue weighted by atomic mass is 10.3. The highest BCUT2D eigenvalue weighted by atomic mass is 35.5. The summed E-state index contributed by atoms with van der Waals surface area (Å²) in [6.07, 6.45) is 0. The zero-order valence-electron chi connectivity index (χ0n) is 9.78. The smallest absolute Gasteiger partial charge is 0.139 e. The number of nitrogens with zero attached hydrogens (tertiary/aromatic N) is 1. The lowest BCUT2D eigenvalue weighted by molar-refractivity contribution is 0.302. The fourth-order valence-electron chi connectivity index (χ4n) is 1.44. The number of anilines is 1. The van der Waals surface area contributed by atoms with Gasteiger partial charge < -0.3 is 10.1 Å². The van der Waals surface area contributed by atoms with E-state index in [1.807, 2.05) is 25.2 Å². The molecule has 1 aromatic carbocycles. The summed E-state index contributed by atoms with van der Waals surface area (Å²) in [5.41, 5.74) is 0.817. The van der Waals surface area contributed by atoms with Crippen LogP contribution >= 0.6 is 23.2 Å². The Kier molecular flexibility index (Phi) is 4.28. The molecule has 2 rings (SSSR count). The van der Waals surface area contributed by atoms with Crippen molar-refractivity contribution in [2.75, 3.05) is 12.4 Å². The number of halogens is 2. The first-order valence-corrected chi connectivity index (χ1v) is 6.16. The van der Waals surface area contributed by atoms with Crippen molar-refractivity contribution in [2.24, 2.45) is 0 Å². The van der Waals surface area contributed by atoms with E-state index in [9.17, 15) is 0 Å². The number of nitrogens with one attached hydrogen (secondary N) is 1. The SMILES string of the molecule is CNc1cccc(COc2cc(Cl)ccc2Cl)n1. The molecule has 3 nitrogen and oxygen atoms in total. The fraction of sp³-hybridized carbons (Fsp3) is 0.154. The van der Waals surface area contributed by atoms with Gasteiger partial charge >= 0.3 is 0 Å². The maximum absolute atomic E-state index is 6.00. The Morgan fingerprint density at radius 3 is 2.83 bits per heavy atom. The largest absolute Gasteiger partial charge is 0.486 e. The van der Waals surface area contributed by atoms with Crippen LogP contribution in [0.15, 0.2) is 36.4 Å². The Morgan fingerprint density at radius 1 is 1.22 bits per heavy atom. The zero-order chi connectivity index (χ0) is 13.0. The van der Waals surface area contributed by atoms with Crippen LogP contribution < -0.4 is 10.1 Å². The summed E-state index contributed by atoms with van der Waals surface area (Å²) < 4.78 is 5.60. The summed E-state index contributed by atoms with van der Waals surface area (Å²) in [7, 11) is 1.82. The normalized spacial score (nSPS) is 10.2. The van der Waals surface area contributed by atoms with Crippen LogP contribution in [0, 0.1) is 0 Å². The number of hydrogen-bond donors (Lipinski definition) is 1. The zero-order valence-corrected chi connectivity index (χ0v) is 11.3. The van der Waals surface area contributed by atoms with Gasteiger partial charge in [0, 0.05) is 18.1 Å². The molecule has 0 unspecified atom stereocenters. The van der Waals surface area contributed by atoms with Crippen LogP contribution in [0.4, 0.5) is 5.82 Å². The number of rotatable bonds is 4. The van der Waals surface area contributed by atoms with E-state index < -0.39 is 0 Å². The summed E-state index contributed by atoms with van der Waals surface area (Å²) in [5, 5.41) is 4.09. The molecule has 94 valence electrons. The second kappa shape index (κ2) is 5.94. The van der Waals surface area contributed by atoms with Gasteiger partial charge in [-0.15, -0.1) is 0 Å². The average molecular weight is 283 g/mol. The van der Waals surface area contributed by atoms with E-state index in [1.54, 1.807) is 18.2 Å². The number of ether oxygens (including phenoxy) is 1. The van der Waals surface area contributed by atoms with Crippen molar-refractivity contribution in [3.8, 4) is 5.75 Å². The van der Waals surface area contributed by atoms with Gasteiger partial charge in [0.25, 0.3) is 0 Å². The minimum absolute atomic E-state index is 0.343. The van der Waals surface area contributed by atoms with Crippen molar-refractivity contribution in [3.05, 3.63) is 52.1 Å². The molecule has 1 N–H and O–H groups in total. The number of aromatic nitrogens is 1. The van der Waals surface area contributed by atoms with Crippen molar-refractivity contribution in [1.82, 2.24) is 4.98 Å². The summed E-state index contributed by atoms with van der Waals surface area (Å²) in [5.74, 6) is 1.36. The van der Waals surface area contributed by atoms with Crippen LogP contribution in [-0.4, -0.2) is 12.0 Å². The molecule has 0 atom stereocenters. The van der Waals surface area contributed by atoms with Crippen LogP contribution in [0.2, 0.25) is 10.0 Å². The van der Waals surface area contributed by atoms with Crippen molar-refractivity contribution >= 4 is 29.0 Å². The van der Waals surface area contributed by atoms with Crippen molar-refractivity contribution in [3.63, 3.8) is 0 Å². The molecule has 0 aliphatic rings. The second-order valence-electron chi connectivity index (χ2n) is 3.63. The standard InChI is InChI=1S/C13H12Cl2N2O/c1-16-13-4-2-3-10(17-13)8-18-12-7-9(14)5-6-11(12)15/h2-7H,8H2,1H3,(H,16,17). The molecule has 1 heterocycles. The molecule has 0 saturated heterocycles. The molecule has 0 spiro atoms. The number of benzene rings is 1. The third-order valence-electron chi connectivity index (χ3n) is 2.33. The minimum atomic E-state index is 0.343. The van der Waals surface area contributed by atoms with Crippen molar-refractivity contribution in [2.45, 2.75) is 6.61 Å². The monoisotopic (exact) mass is 282 g/mol. The summed E-state index contributed by atoms with van der Waals surface area (Å²) >= 11 is 11.9. The van der Waals surface area contributed by atoms with E-state index in [4.69, 9.17) is 27.9 Å². The van der Waals surface area contributed by atoms with E-state index in [0.29, 0.717) is 22.4 Å². The molecule has 5 heteroatoms. The summed E-state index contributed by atoms with van der Waals surface area (Å²) in [4.78, 5) is 4.35. The van der Waals surface area contributed by atoms with Gasteiger partial charge in [0.15, 0.2) is 0 Å². The van der Waals surface area contributed by atoms with E-state index in [2.05, 4.69) is 10.3 Å². The van der Waals surface area contributed by atoms with E-state index in [0.717, 1.165) is 11.5 Å². The second-order valence-corrected chi connectivity index (χ2v) is 4.47.